The Hall–Kier alpha value is -0.100. The largest absolute Gasteiger partial charge is 0.250 e. The summed E-state index contributed by atoms with van der Waals surface area (Å²) in [5, 5.41) is 0.550. The molecule has 0 bridgehead atoms. The van der Waals surface area contributed by atoms with Gasteiger partial charge in [0.1, 0.15) is 0 Å². The lowest BCUT2D eigenvalue weighted by Gasteiger charge is -2.03. The number of halogens is 2. The van der Waals surface area contributed by atoms with Crippen LogP contribution in [-0.2, 0) is 10.0 Å². The molecule has 6 heteroatoms. The number of nitrogens with one attached hydrogen (secondary N) is 1. The van der Waals surface area contributed by atoms with E-state index in [4.69, 9.17) is 11.6 Å². The smallest absolute Gasteiger partial charge is 0.206 e. The van der Waals surface area contributed by atoms with Gasteiger partial charge in [0.25, 0.3) is 0 Å². The maximum absolute atomic E-state index is 11.3. The standard InChI is InChI=1S/C7H7BrClNO2S/c1-5-4-6(2-3-7(5)9)13(11,12)10-8/h2-4,10H,1H3. The Morgan fingerprint density at radius 3 is 2.54 bits per heavy atom. The number of benzene rings is 1. The average molecular weight is 285 g/mol. The van der Waals surface area contributed by atoms with Crippen LogP contribution in [0.5, 0.6) is 0 Å². The third-order valence-electron chi connectivity index (χ3n) is 1.54. The molecule has 0 heterocycles. The molecule has 0 saturated heterocycles. The Balaban J connectivity index is 3.27. The molecular weight excluding hydrogens is 278 g/mol. The number of aryl methyl sites for hydroxylation is 1. The van der Waals surface area contributed by atoms with Gasteiger partial charge in [0.05, 0.1) is 4.90 Å². The van der Waals surface area contributed by atoms with Crippen LogP contribution in [0.1, 0.15) is 5.56 Å². The molecule has 0 amide bonds. The third kappa shape index (κ3) is 2.43. The Labute approximate surface area is 90.5 Å². The normalized spacial score (nSPS) is 11.6. The van der Waals surface area contributed by atoms with Gasteiger partial charge < -0.3 is 0 Å². The summed E-state index contributed by atoms with van der Waals surface area (Å²) >= 11 is 8.43. The maximum atomic E-state index is 11.3. The molecule has 13 heavy (non-hydrogen) atoms. The Bertz CT molecular complexity index is 419. The van der Waals surface area contributed by atoms with Crippen LogP contribution in [0.3, 0.4) is 0 Å². The van der Waals surface area contributed by atoms with Crippen LogP contribution in [0.15, 0.2) is 23.1 Å². The first-order valence-electron chi connectivity index (χ1n) is 3.36. The van der Waals surface area contributed by atoms with Crippen molar-refractivity contribution >= 4 is 37.8 Å². The van der Waals surface area contributed by atoms with Gasteiger partial charge in [0, 0.05) is 21.2 Å². The minimum absolute atomic E-state index is 0.186. The van der Waals surface area contributed by atoms with Gasteiger partial charge in [-0.05, 0) is 30.7 Å². The van der Waals surface area contributed by atoms with Crippen molar-refractivity contribution in [2.45, 2.75) is 11.8 Å². The zero-order chi connectivity index (χ0) is 10.1. The van der Waals surface area contributed by atoms with E-state index in [1.54, 1.807) is 13.0 Å². The fourth-order valence-corrected chi connectivity index (χ4v) is 2.18. The van der Waals surface area contributed by atoms with Gasteiger partial charge >= 0.3 is 0 Å². The zero-order valence-corrected chi connectivity index (χ0v) is 9.87. The highest BCUT2D eigenvalue weighted by Crippen LogP contribution is 2.19. The molecular formula is C7H7BrClNO2S. The van der Waals surface area contributed by atoms with E-state index in [0.717, 1.165) is 5.56 Å². The second kappa shape index (κ2) is 3.96. The van der Waals surface area contributed by atoms with Crippen LogP contribution < -0.4 is 3.75 Å². The van der Waals surface area contributed by atoms with Crippen LogP contribution in [-0.4, -0.2) is 8.42 Å². The van der Waals surface area contributed by atoms with Gasteiger partial charge in [-0.2, -0.15) is 0 Å². The average Bonchev–Trinajstić information content (AvgIpc) is 2.09. The SMILES string of the molecule is Cc1cc(S(=O)(=O)NBr)ccc1Cl. The van der Waals surface area contributed by atoms with Gasteiger partial charge in [-0.1, -0.05) is 11.6 Å². The van der Waals surface area contributed by atoms with E-state index in [0.29, 0.717) is 5.02 Å². The first kappa shape index (κ1) is 11.0. The summed E-state index contributed by atoms with van der Waals surface area (Å²) in [6.07, 6.45) is 0. The van der Waals surface area contributed by atoms with Crippen molar-refractivity contribution < 1.29 is 8.42 Å². The number of hydrogen-bond donors (Lipinski definition) is 1. The molecule has 0 radical (unpaired) electrons. The van der Waals surface area contributed by atoms with Crippen molar-refractivity contribution in [2.24, 2.45) is 0 Å². The highest BCUT2D eigenvalue weighted by Gasteiger charge is 2.12. The summed E-state index contributed by atoms with van der Waals surface area (Å²) in [7, 11) is -3.43. The second-order valence-corrected chi connectivity index (χ2v) is 5.50. The Morgan fingerprint density at radius 2 is 2.08 bits per heavy atom. The van der Waals surface area contributed by atoms with Gasteiger partial charge in [0.2, 0.25) is 10.0 Å². The lowest BCUT2D eigenvalue weighted by molar-refractivity contribution is 0.595. The molecule has 1 N–H and O–H groups in total. The van der Waals surface area contributed by atoms with Crippen molar-refractivity contribution in [3.05, 3.63) is 28.8 Å². The molecule has 0 atom stereocenters. The van der Waals surface area contributed by atoms with Gasteiger partial charge in [-0.3, -0.25) is 0 Å². The van der Waals surface area contributed by atoms with Crippen molar-refractivity contribution in [3.63, 3.8) is 0 Å². The van der Waals surface area contributed by atoms with Crippen LogP contribution in [0.25, 0.3) is 0 Å². The van der Waals surface area contributed by atoms with Crippen LogP contribution in [0.4, 0.5) is 0 Å². The van der Waals surface area contributed by atoms with Gasteiger partial charge in [0.15, 0.2) is 0 Å². The third-order valence-corrected chi connectivity index (χ3v) is 4.32. The van der Waals surface area contributed by atoms with Crippen molar-refractivity contribution in [1.82, 2.24) is 3.75 Å². The number of sulfonamides is 1. The molecule has 0 fully saturated rings. The summed E-state index contributed by atoms with van der Waals surface area (Å²) in [4.78, 5) is 0.186. The van der Waals surface area contributed by atoms with Crippen LogP contribution in [0, 0.1) is 6.92 Å². The quantitative estimate of drug-likeness (QED) is 0.847. The van der Waals surface area contributed by atoms with E-state index in [9.17, 15) is 8.42 Å². The predicted octanol–water partition coefficient (Wildman–Crippen LogP) is 2.24. The highest BCUT2D eigenvalue weighted by atomic mass is 79.9. The zero-order valence-electron chi connectivity index (χ0n) is 6.71. The summed E-state index contributed by atoms with van der Waals surface area (Å²) < 4.78 is 24.6. The van der Waals surface area contributed by atoms with E-state index in [1.807, 2.05) is 3.75 Å². The number of hydrogen-bond acceptors (Lipinski definition) is 2. The van der Waals surface area contributed by atoms with E-state index in [1.165, 1.54) is 12.1 Å². The summed E-state index contributed by atoms with van der Waals surface area (Å²) in [6.45, 7) is 1.75. The first-order valence-corrected chi connectivity index (χ1v) is 6.01. The maximum Gasteiger partial charge on any atom is 0.250 e. The monoisotopic (exact) mass is 283 g/mol. The fraction of sp³-hybridized carbons (Fsp3) is 0.143. The topological polar surface area (TPSA) is 46.2 Å². The minimum atomic E-state index is -3.43. The van der Waals surface area contributed by atoms with Crippen LogP contribution in [0.2, 0.25) is 5.02 Å². The van der Waals surface area contributed by atoms with E-state index in [-0.39, 0.29) is 4.90 Å². The minimum Gasteiger partial charge on any atom is -0.206 e. The first-order chi connectivity index (χ1) is 5.97. The fourth-order valence-electron chi connectivity index (χ4n) is 0.829. The lowest BCUT2D eigenvalue weighted by Crippen LogP contribution is -2.12. The van der Waals surface area contributed by atoms with Crippen LogP contribution >= 0.6 is 27.7 Å². The molecule has 3 nitrogen and oxygen atoms in total. The molecule has 0 aliphatic carbocycles. The Kier molecular flexibility index (Phi) is 3.34. The summed E-state index contributed by atoms with van der Waals surface area (Å²) in [6, 6.07) is 4.50. The summed E-state index contributed by atoms with van der Waals surface area (Å²) in [5.41, 5.74) is 0.727. The molecule has 0 spiro atoms. The number of rotatable bonds is 2. The molecule has 0 aliphatic heterocycles. The highest BCUT2D eigenvalue weighted by molar-refractivity contribution is 9.09. The van der Waals surface area contributed by atoms with Gasteiger partial charge in [-0.25, -0.2) is 8.42 Å². The molecule has 0 aliphatic rings. The van der Waals surface area contributed by atoms with E-state index >= 15 is 0 Å². The second-order valence-electron chi connectivity index (χ2n) is 2.49. The molecule has 72 valence electrons. The predicted molar refractivity (Wildman–Crippen MR) is 55.4 cm³/mol. The molecule has 0 unspecified atom stereocenters. The van der Waals surface area contributed by atoms with Gasteiger partial charge in [-0.15, -0.1) is 3.75 Å². The van der Waals surface area contributed by atoms with E-state index in [2.05, 4.69) is 16.1 Å². The molecule has 1 rings (SSSR count). The van der Waals surface area contributed by atoms with E-state index < -0.39 is 10.0 Å². The molecule has 1 aromatic carbocycles. The summed E-state index contributed by atoms with van der Waals surface area (Å²) in [5.74, 6) is 0. The molecule has 0 saturated carbocycles. The lowest BCUT2D eigenvalue weighted by atomic mass is 10.2. The van der Waals surface area contributed by atoms with Crippen molar-refractivity contribution in [3.8, 4) is 0 Å². The van der Waals surface area contributed by atoms with Crippen molar-refractivity contribution in [2.75, 3.05) is 0 Å². The Morgan fingerprint density at radius 1 is 1.46 bits per heavy atom. The van der Waals surface area contributed by atoms with Crippen molar-refractivity contribution in [1.29, 1.82) is 0 Å². The molecule has 1 aromatic rings. The molecule has 0 aromatic heterocycles.